The first-order valence-corrected chi connectivity index (χ1v) is 7.46. The highest BCUT2D eigenvalue weighted by Crippen LogP contribution is 2.18. The number of nitrogens with two attached hydrogens (primary N) is 1. The van der Waals surface area contributed by atoms with Gasteiger partial charge in [-0.1, -0.05) is 17.9 Å². The van der Waals surface area contributed by atoms with Gasteiger partial charge in [-0.2, -0.15) is 0 Å². The molecular formula is C17H24FN3. The fraction of sp³-hybridized carbons (Fsp3) is 0.529. The van der Waals surface area contributed by atoms with Crippen LogP contribution in [0.1, 0.15) is 24.0 Å². The summed E-state index contributed by atoms with van der Waals surface area (Å²) in [5, 5.41) is 0. The second-order valence-corrected chi connectivity index (χ2v) is 5.76. The highest BCUT2D eigenvalue weighted by atomic mass is 19.1. The summed E-state index contributed by atoms with van der Waals surface area (Å²) < 4.78 is 13.4. The van der Waals surface area contributed by atoms with Crippen molar-refractivity contribution in [3.63, 3.8) is 0 Å². The smallest absolute Gasteiger partial charge is 0.124 e. The van der Waals surface area contributed by atoms with Crippen LogP contribution in [0.25, 0.3) is 0 Å². The minimum Gasteiger partial charge on any atom is -0.320 e. The molecule has 1 fully saturated rings. The highest BCUT2D eigenvalue weighted by molar-refractivity contribution is 5.41. The standard InChI is InChI=1S/C17H24FN3/c1-20-10-7-17(8-11-20)21(2)13-15-5-6-16(18)12-14(15)4-3-9-19/h5-6,12,17H,7-11,13,19H2,1-2H3. The van der Waals surface area contributed by atoms with E-state index in [0.29, 0.717) is 12.6 Å². The molecule has 2 N–H and O–H groups in total. The molecule has 0 amide bonds. The van der Waals surface area contributed by atoms with Crippen molar-refractivity contribution in [2.45, 2.75) is 25.4 Å². The number of hydrogen-bond acceptors (Lipinski definition) is 3. The van der Waals surface area contributed by atoms with Crippen molar-refractivity contribution in [3.8, 4) is 11.8 Å². The maximum absolute atomic E-state index is 13.4. The van der Waals surface area contributed by atoms with Crippen LogP contribution in [0.3, 0.4) is 0 Å². The van der Waals surface area contributed by atoms with E-state index in [0.717, 1.165) is 30.8 Å². The average Bonchev–Trinajstić information content (AvgIpc) is 2.48. The first kappa shape index (κ1) is 16.0. The first-order chi connectivity index (χ1) is 10.1. The predicted octanol–water partition coefficient (Wildman–Crippen LogP) is 1.66. The van der Waals surface area contributed by atoms with Crippen LogP contribution in [-0.4, -0.2) is 49.6 Å². The summed E-state index contributed by atoms with van der Waals surface area (Å²) in [6, 6.07) is 5.43. The van der Waals surface area contributed by atoms with Crippen LogP contribution in [0.5, 0.6) is 0 Å². The van der Waals surface area contributed by atoms with Gasteiger partial charge >= 0.3 is 0 Å². The van der Waals surface area contributed by atoms with Crippen molar-refractivity contribution in [1.82, 2.24) is 9.80 Å². The van der Waals surface area contributed by atoms with Crippen LogP contribution >= 0.6 is 0 Å². The topological polar surface area (TPSA) is 32.5 Å². The van der Waals surface area contributed by atoms with Crippen LogP contribution in [0.15, 0.2) is 18.2 Å². The fourth-order valence-electron chi connectivity index (χ4n) is 2.78. The highest BCUT2D eigenvalue weighted by Gasteiger charge is 2.21. The van der Waals surface area contributed by atoms with Crippen molar-refractivity contribution < 1.29 is 4.39 Å². The molecule has 2 rings (SSSR count). The Hall–Kier alpha value is -1.41. The number of halogens is 1. The Balaban J connectivity index is 2.08. The minimum absolute atomic E-state index is 0.248. The molecule has 1 aliphatic heterocycles. The molecule has 1 aromatic rings. The van der Waals surface area contributed by atoms with E-state index in [1.807, 2.05) is 6.07 Å². The van der Waals surface area contributed by atoms with Gasteiger partial charge in [0.05, 0.1) is 6.54 Å². The molecule has 1 aromatic carbocycles. The molecule has 114 valence electrons. The summed E-state index contributed by atoms with van der Waals surface area (Å²) in [5.74, 6) is 5.55. The van der Waals surface area contributed by atoms with E-state index >= 15 is 0 Å². The third-order valence-corrected chi connectivity index (χ3v) is 4.13. The van der Waals surface area contributed by atoms with Gasteiger partial charge in [0, 0.05) is 18.2 Å². The summed E-state index contributed by atoms with van der Waals surface area (Å²) in [6.45, 7) is 3.36. The van der Waals surface area contributed by atoms with E-state index in [-0.39, 0.29) is 5.82 Å². The largest absolute Gasteiger partial charge is 0.320 e. The van der Waals surface area contributed by atoms with Gasteiger partial charge < -0.3 is 10.6 Å². The van der Waals surface area contributed by atoms with Gasteiger partial charge in [-0.15, -0.1) is 0 Å². The van der Waals surface area contributed by atoms with Crippen LogP contribution in [-0.2, 0) is 6.54 Å². The molecule has 21 heavy (non-hydrogen) atoms. The molecule has 0 radical (unpaired) electrons. The molecule has 0 aromatic heterocycles. The molecule has 3 nitrogen and oxygen atoms in total. The number of hydrogen-bond donors (Lipinski definition) is 1. The summed E-state index contributed by atoms with van der Waals surface area (Å²) >= 11 is 0. The monoisotopic (exact) mass is 289 g/mol. The fourth-order valence-corrected chi connectivity index (χ4v) is 2.78. The molecule has 4 heteroatoms. The Labute approximate surface area is 126 Å². The van der Waals surface area contributed by atoms with Gasteiger partial charge in [0.2, 0.25) is 0 Å². The van der Waals surface area contributed by atoms with Gasteiger partial charge in [0.15, 0.2) is 0 Å². The van der Waals surface area contributed by atoms with Gasteiger partial charge in [-0.3, -0.25) is 4.90 Å². The summed E-state index contributed by atoms with van der Waals surface area (Å²) in [7, 11) is 4.30. The summed E-state index contributed by atoms with van der Waals surface area (Å²) in [4.78, 5) is 4.72. The van der Waals surface area contributed by atoms with E-state index in [2.05, 4.69) is 35.7 Å². The van der Waals surface area contributed by atoms with Crippen molar-refractivity contribution in [1.29, 1.82) is 0 Å². The molecule has 0 aliphatic carbocycles. The van der Waals surface area contributed by atoms with Gasteiger partial charge in [-0.25, -0.2) is 4.39 Å². The predicted molar refractivity (Wildman–Crippen MR) is 84.3 cm³/mol. The zero-order valence-electron chi connectivity index (χ0n) is 12.9. The van der Waals surface area contributed by atoms with Crippen LogP contribution in [0, 0.1) is 17.7 Å². The Bertz CT molecular complexity index is 525. The van der Waals surface area contributed by atoms with Crippen molar-refractivity contribution >= 4 is 0 Å². The third kappa shape index (κ3) is 4.53. The maximum Gasteiger partial charge on any atom is 0.124 e. The second kappa shape index (κ2) is 7.56. The van der Waals surface area contributed by atoms with Crippen molar-refractivity contribution in [3.05, 3.63) is 35.1 Å². The normalized spacial score (nSPS) is 16.8. The lowest BCUT2D eigenvalue weighted by molar-refractivity contribution is 0.139. The van der Waals surface area contributed by atoms with E-state index in [4.69, 9.17) is 5.73 Å². The molecule has 0 unspecified atom stereocenters. The molecule has 0 spiro atoms. The zero-order chi connectivity index (χ0) is 15.2. The quantitative estimate of drug-likeness (QED) is 0.859. The Morgan fingerprint density at radius 2 is 2.10 bits per heavy atom. The molecule has 1 aliphatic rings. The van der Waals surface area contributed by atoms with Gasteiger partial charge in [-0.05, 0) is 57.7 Å². The van der Waals surface area contributed by atoms with E-state index in [9.17, 15) is 4.39 Å². The number of nitrogens with zero attached hydrogens (tertiary/aromatic N) is 2. The molecule has 0 saturated carbocycles. The van der Waals surface area contributed by atoms with Crippen LogP contribution in [0.4, 0.5) is 4.39 Å². The molecule has 1 heterocycles. The Kier molecular flexibility index (Phi) is 5.75. The van der Waals surface area contributed by atoms with Crippen LogP contribution in [0.2, 0.25) is 0 Å². The molecule has 0 bridgehead atoms. The number of piperidine rings is 1. The first-order valence-electron chi connectivity index (χ1n) is 7.46. The maximum atomic E-state index is 13.4. The van der Waals surface area contributed by atoms with Crippen molar-refractivity contribution in [2.75, 3.05) is 33.7 Å². The number of benzene rings is 1. The van der Waals surface area contributed by atoms with Gasteiger partial charge in [0.1, 0.15) is 5.82 Å². The van der Waals surface area contributed by atoms with E-state index in [1.165, 1.54) is 25.0 Å². The molecule has 0 atom stereocenters. The lowest BCUT2D eigenvalue weighted by atomic mass is 10.0. The second-order valence-electron chi connectivity index (χ2n) is 5.76. The average molecular weight is 289 g/mol. The Morgan fingerprint density at radius 1 is 1.38 bits per heavy atom. The van der Waals surface area contributed by atoms with E-state index < -0.39 is 0 Å². The SMILES string of the molecule is CN1CCC(N(C)Cc2ccc(F)cc2C#CCN)CC1. The van der Waals surface area contributed by atoms with Gasteiger partial charge in [0.25, 0.3) is 0 Å². The van der Waals surface area contributed by atoms with Crippen molar-refractivity contribution in [2.24, 2.45) is 5.73 Å². The number of likely N-dealkylation sites (tertiary alicyclic amines) is 1. The Morgan fingerprint density at radius 3 is 2.76 bits per heavy atom. The van der Waals surface area contributed by atoms with Crippen LogP contribution < -0.4 is 5.73 Å². The lowest BCUT2D eigenvalue weighted by Gasteiger charge is -2.35. The molecule has 1 saturated heterocycles. The summed E-state index contributed by atoms with van der Waals surface area (Å²) in [6.07, 6.45) is 2.36. The lowest BCUT2D eigenvalue weighted by Crippen LogP contribution is -2.41. The summed E-state index contributed by atoms with van der Waals surface area (Å²) in [5.41, 5.74) is 7.23. The molecular weight excluding hydrogens is 265 g/mol. The van der Waals surface area contributed by atoms with E-state index in [1.54, 1.807) is 0 Å². The number of rotatable bonds is 3. The third-order valence-electron chi connectivity index (χ3n) is 4.13. The zero-order valence-corrected chi connectivity index (χ0v) is 12.9. The minimum atomic E-state index is -0.248.